The molecule has 0 fully saturated rings. The van der Waals surface area contributed by atoms with E-state index in [9.17, 15) is 4.79 Å². The van der Waals surface area contributed by atoms with Crippen LogP contribution >= 0.6 is 0 Å². The van der Waals surface area contributed by atoms with E-state index in [2.05, 4.69) is 12.2 Å². The number of allylic oxidation sites excluding steroid dienone is 2. The molecule has 0 saturated heterocycles. The summed E-state index contributed by atoms with van der Waals surface area (Å²) in [5.74, 6) is -0.684. The van der Waals surface area contributed by atoms with Gasteiger partial charge in [0.1, 0.15) is 0 Å². The lowest BCUT2D eigenvalue weighted by Gasteiger charge is -1.96. The van der Waals surface area contributed by atoms with Crippen LogP contribution in [-0.2, 0) is 4.79 Å². The second kappa shape index (κ2) is 11.2. The van der Waals surface area contributed by atoms with Crippen molar-refractivity contribution in [2.45, 2.75) is 51.4 Å². The van der Waals surface area contributed by atoms with Gasteiger partial charge in [0.05, 0.1) is 0 Å². The molecule has 0 radical (unpaired) electrons. The lowest BCUT2D eigenvalue weighted by Crippen LogP contribution is -1.96. The molecule has 0 rings (SSSR count). The summed E-state index contributed by atoms with van der Waals surface area (Å²) in [5, 5.41) is 8.42. The molecule has 0 aliphatic heterocycles. The minimum atomic E-state index is -0.684. The van der Waals surface area contributed by atoms with E-state index in [0.717, 1.165) is 45.1 Å². The van der Waals surface area contributed by atoms with Gasteiger partial charge >= 0.3 is 5.97 Å². The summed E-state index contributed by atoms with van der Waals surface area (Å²) in [4.78, 5) is 10.2. The SMILES string of the molecule is NCCCC=CCCCCCCC(=O)O. The zero-order chi connectivity index (χ0) is 11.4. The lowest BCUT2D eigenvalue weighted by molar-refractivity contribution is -0.137. The van der Waals surface area contributed by atoms with E-state index in [1.807, 2.05) is 0 Å². The summed E-state index contributed by atoms with van der Waals surface area (Å²) in [6.45, 7) is 0.763. The summed E-state index contributed by atoms with van der Waals surface area (Å²) < 4.78 is 0. The van der Waals surface area contributed by atoms with Crippen molar-refractivity contribution in [3.63, 3.8) is 0 Å². The van der Waals surface area contributed by atoms with Crippen LogP contribution in [0.5, 0.6) is 0 Å². The molecule has 0 saturated carbocycles. The molecule has 0 amide bonds. The first-order valence-electron chi connectivity index (χ1n) is 5.84. The Hall–Kier alpha value is -0.830. The van der Waals surface area contributed by atoms with Gasteiger partial charge in [0.15, 0.2) is 0 Å². The second-order valence-corrected chi connectivity index (χ2v) is 3.75. The number of hydrogen-bond donors (Lipinski definition) is 2. The highest BCUT2D eigenvalue weighted by Crippen LogP contribution is 2.06. The Morgan fingerprint density at radius 1 is 1.00 bits per heavy atom. The highest BCUT2D eigenvalue weighted by Gasteiger charge is 1.95. The van der Waals surface area contributed by atoms with Crippen LogP contribution in [-0.4, -0.2) is 17.6 Å². The molecule has 0 aliphatic carbocycles. The monoisotopic (exact) mass is 213 g/mol. The average Bonchev–Trinajstić information content (AvgIpc) is 2.20. The van der Waals surface area contributed by atoms with Gasteiger partial charge in [-0.05, 0) is 38.6 Å². The molecule has 0 unspecified atom stereocenters. The Morgan fingerprint density at radius 3 is 2.20 bits per heavy atom. The molecule has 0 heterocycles. The van der Waals surface area contributed by atoms with E-state index in [4.69, 9.17) is 10.8 Å². The Morgan fingerprint density at radius 2 is 1.60 bits per heavy atom. The fraction of sp³-hybridized carbons (Fsp3) is 0.750. The van der Waals surface area contributed by atoms with E-state index in [1.165, 1.54) is 6.42 Å². The zero-order valence-electron chi connectivity index (χ0n) is 9.45. The smallest absolute Gasteiger partial charge is 0.303 e. The second-order valence-electron chi connectivity index (χ2n) is 3.75. The van der Waals surface area contributed by atoms with Crippen LogP contribution < -0.4 is 5.73 Å². The number of carboxylic acids is 1. The lowest BCUT2D eigenvalue weighted by atomic mass is 10.1. The van der Waals surface area contributed by atoms with E-state index >= 15 is 0 Å². The van der Waals surface area contributed by atoms with Crippen LogP contribution in [0, 0.1) is 0 Å². The average molecular weight is 213 g/mol. The number of aliphatic carboxylic acids is 1. The Kier molecular flexibility index (Phi) is 10.6. The fourth-order valence-corrected chi connectivity index (χ4v) is 1.36. The van der Waals surface area contributed by atoms with Crippen LogP contribution in [0.15, 0.2) is 12.2 Å². The molecule has 3 N–H and O–H groups in total. The molecule has 15 heavy (non-hydrogen) atoms. The Bertz CT molecular complexity index is 178. The van der Waals surface area contributed by atoms with Gasteiger partial charge in [-0.3, -0.25) is 4.79 Å². The van der Waals surface area contributed by atoms with Crippen LogP contribution in [0.25, 0.3) is 0 Å². The number of rotatable bonds is 10. The standard InChI is InChI=1S/C12H23NO2/c13-11-9-7-5-3-1-2-4-6-8-10-12(14)15/h3,5H,1-2,4,6-11,13H2,(H,14,15). The predicted molar refractivity (Wildman–Crippen MR) is 62.8 cm³/mol. The highest BCUT2D eigenvalue weighted by atomic mass is 16.4. The third kappa shape index (κ3) is 13.2. The van der Waals surface area contributed by atoms with Crippen molar-refractivity contribution in [3.8, 4) is 0 Å². The molecule has 0 atom stereocenters. The molecule has 3 nitrogen and oxygen atoms in total. The molecule has 0 aromatic rings. The zero-order valence-corrected chi connectivity index (χ0v) is 9.45. The third-order valence-electron chi connectivity index (χ3n) is 2.25. The van der Waals surface area contributed by atoms with Crippen molar-refractivity contribution < 1.29 is 9.90 Å². The van der Waals surface area contributed by atoms with Crippen LogP contribution in [0.4, 0.5) is 0 Å². The summed E-state index contributed by atoms with van der Waals surface area (Å²) in [7, 11) is 0. The van der Waals surface area contributed by atoms with Crippen molar-refractivity contribution >= 4 is 5.97 Å². The van der Waals surface area contributed by atoms with Crippen molar-refractivity contribution in [1.29, 1.82) is 0 Å². The Balaban J connectivity index is 3.04. The van der Waals surface area contributed by atoms with Crippen LogP contribution in [0.2, 0.25) is 0 Å². The summed E-state index contributed by atoms with van der Waals surface area (Å²) >= 11 is 0. The normalized spacial score (nSPS) is 11.0. The first-order chi connectivity index (χ1) is 7.27. The quantitative estimate of drug-likeness (QED) is 0.433. The van der Waals surface area contributed by atoms with E-state index in [0.29, 0.717) is 6.42 Å². The minimum Gasteiger partial charge on any atom is -0.481 e. The van der Waals surface area contributed by atoms with Gasteiger partial charge in [-0.2, -0.15) is 0 Å². The maximum absolute atomic E-state index is 10.2. The largest absolute Gasteiger partial charge is 0.481 e. The molecule has 0 aromatic heterocycles. The van der Waals surface area contributed by atoms with E-state index in [1.54, 1.807) is 0 Å². The third-order valence-corrected chi connectivity index (χ3v) is 2.25. The minimum absolute atomic E-state index is 0.312. The highest BCUT2D eigenvalue weighted by molar-refractivity contribution is 5.66. The van der Waals surface area contributed by atoms with Gasteiger partial charge in [0, 0.05) is 6.42 Å². The fourth-order valence-electron chi connectivity index (χ4n) is 1.36. The molecule has 0 aliphatic rings. The Labute approximate surface area is 92.4 Å². The molecule has 0 aromatic carbocycles. The van der Waals surface area contributed by atoms with Gasteiger partial charge in [0.25, 0.3) is 0 Å². The van der Waals surface area contributed by atoms with Crippen molar-refractivity contribution in [2.24, 2.45) is 5.73 Å². The van der Waals surface area contributed by atoms with Crippen molar-refractivity contribution in [3.05, 3.63) is 12.2 Å². The molecule has 0 spiro atoms. The summed E-state index contributed by atoms with van der Waals surface area (Å²) in [5.41, 5.74) is 5.37. The summed E-state index contributed by atoms with van der Waals surface area (Å²) in [6.07, 6.45) is 12.1. The molecular formula is C12H23NO2. The molecule has 88 valence electrons. The number of unbranched alkanes of at least 4 members (excludes halogenated alkanes) is 5. The first kappa shape index (κ1) is 14.2. The van der Waals surface area contributed by atoms with Gasteiger partial charge in [-0.1, -0.05) is 25.0 Å². The predicted octanol–water partition coefficient (Wildman–Crippen LogP) is 2.71. The topological polar surface area (TPSA) is 63.3 Å². The van der Waals surface area contributed by atoms with Crippen LogP contribution in [0.1, 0.15) is 51.4 Å². The van der Waals surface area contributed by atoms with Crippen molar-refractivity contribution in [2.75, 3.05) is 6.54 Å². The van der Waals surface area contributed by atoms with E-state index < -0.39 is 5.97 Å². The molecule has 3 heteroatoms. The number of carbonyl (C=O) groups is 1. The number of carboxylic acid groups (broad SMARTS) is 1. The van der Waals surface area contributed by atoms with Crippen LogP contribution in [0.3, 0.4) is 0 Å². The van der Waals surface area contributed by atoms with Gasteiger partial charge < -0.3 is 10.8 Å². The van der Waals surface area contributed by atoms with Crippen molar-refractivity contribution in [1.82, 2.24) is 0 Å². The molecular weight excluding hydrogens is 190 g/mol. The summed E-state index contributed by atoms with van der Waals surface area (Å²) in [6, 6.07) is 0. The van der Waals surface area contributed by atoms with Gasteiger partial charge in [-0.25, -0.2) is 0 Å². The number of hydrogen-bond acceptors (Lipinski definition) is 2. The van der Waals surface area contributed by atoms with Gasteiger partial charge in [-0.15, -0.1) is 0 Å². The number of nitrogens with two attached hydrogens (primary N) is 1. The van der Waals surface area contributed by atoms with Gasteiger partial charge in [0.2, 0.25) is 0 Å². The first-order valence-corrected chi connectivity index (χ1v) is 5.84. The maximum Gasteiger partial charge on any atom is 0.303 e. The molecule has 0 bridgehead atoms. The maximum atomic E-state index is 10.2. The van der Waals surface area contributed by atoms with E-state index in [-0.39, 0.29) is 0 Å².